The summed E-state index contributed by atoms with van der Waals surface area (Å²) in [4.78, 5) is 39.7. The van der Waals surface area contributed by atoms with Gasteiger partial charge in [-0.1, -0.05) is 18.1 Å². The Morgan fingerprint density at radius 1 is 1.18 bits per heavy atom. The average molecular weight is 477 g/mol. The monoisotopic (exact) mass is 477 g/mol. The van der Waals surface area contributed by atoms with Gasteiger partial charge in [0, 0.05) is 25.2 Å². The van der Waals surface area contributed by atoms with E-state index in [1.54, 1.807) is 38.2 Å². The van der Waals surface area contributed by atoms with Crippen LogP contribution in [-0.4, -0.2) is 34.2 Å². The maximum atomic E-state index is 13.5. The molecular formula is C21H22F3N7O3. The lowest BCUT2D eigenvalue weighted by Crippen LogP contribution is -2.36. The minimum Gasteiger partial charge on any atom is -0.339 e. The lowest BCUT2D eigenvalue weighted by Gasteiger charge is -2.16. The van der Waals surface area contributed by atoms with Crippen molar-refractivity contribution >= 4 is 11.2 Å². The van der Waals surface area contributed by atoms with E-state index >= 15 is 0 Å². The minimum absolute atomic E-state index is 0.0123. The van der Waals surface area contributed by atoms with Gasteiger partial charge in [-0.2, -0.15) is 18.2 Å². The van der Waals surface area contributed by atoms with Crippen LogP contribution in [0.4, 0.5) is 13.2 Å². The lowest BCUT2D eigenvalue weighted by molar-refractivity contribution is -0.147. The Bertz CT molecular complexity index is 1400. The van der Waals surface area contributed by atoms with Crippen molar-refractivity contribution < 1.29 is 17.7 Å². The highest BCUT2D eigenvalue weighted by atomic mass is 19.4. The van der Waals surface area contributed by atoms with Gasteiger partial charge in [0.25, 0.3) is 5.56 Å². The van der Waals surface area contributed by atoms with Crippen molar-refractivity contribution in [3.05, 3.63) is 56.9 Å². The first-order valence-corrected chi connectivity index (χ1v) is 10.8. The number of H-pyrrole nitrogens is 1. The molecule has 13 heteroatoms. The van der Waals surface area contributed by atoms with Gasteiger partial charge in [0.05, 0.1) is 0 Å². The van der Waals surface area contributed by atoms with E-state index in [0.29, 0.717) is 43.1 Å². The van der Waals surface area contributed by atoms with Crippen LogP contribution in [0.15, 0.2) is 38.5 Å². The van der Waals surface area contributed by atoms with Crippen LogP contribution in [0.2, 0.25) is 0 Å². The lowest BCUT2D eigenvalue weighted by atomic mass is 10.2. The molecule has 0 saturated heterocycles. The molecule has 0 saturated carbocycles. The minimum atomic E-state index is -4.77. The summed E-state index contributed by atoms with van der Waals surface area (Å²) in [6.45, 7) is 3.28. The second kappa shape index (κ2) is 9.23. The molecule has 0 aliphatic rings. The third-order valence-corrected chi connectivity index (χ3v) is 5.50. The second-order valence-electron chi connectivity index (χ2n) is 7.83. The first kappa shape index (κ1) is 23.4. The molecule has 4 aromatic heterocycles. The zero-order chi connectivity index (χ0) is 24.5. The number of fused-ring (bicyclic) bond motifs is 1. The van der Waals surface area contributed by atoms with Gasteiger partial charge in [-0.15, -0.1) is 0 Å². The van der Waals surface area contributed by atoms with Gasteiger partial charge >= 0.3 is 11.9 Å². The molecule has 4 rings (SSSR count). The molecule has 10 nitrogen and oxygen atoms in total. The molecule has 0 aliphatic heterocycles. The van der Waals surface area contributed by atoms with Crippen molar-refractivity contribution in [3.8, 4) is 11.5 Å². The third kappa shape index (κ3) is 4.50. The summed E-state index contributed by atoms with van der Waals surface area (Å²) in [5, 5.41) is 3.88. The van der Waals surface area contributed by atoms with E-state index in [1.165, 1.54) is 0 Å². The predicted molar refractivity (Wildman–Crippen MR) is 115 cm³/mol. The molecule has 4 aromatic rings. The summed E-state index contributed by atoms with van der Waals surface area (Å²) in [6.07, 6.45) is -1.52. The van der Waals surface area contributed by atoms with Gasteiger partial charge in [0.1, 0.15) is 5.69 Å². The molecule has 0 spiro atoms. The van der Waals surface area contributed by atoms with Crippen molar-refractivity contribution in [2.24, 2.45) is 0 Å². The number of rotatable bonds is 8. The maximum absolute atomic E-state index is 13.5. The standard InChI is InChI=1S/C21H22F3N7O3/c1-3-12(2)31-15-17(27-19(31)21(22,23)24)28-20(33)30(18(15)32)11-7-5-9-14-26-16(29-34-14)13-8-4-6-10-25-13/h4,6,8,10,12H,3,5,7,9,11H2,1-2H3,(H,28,33). The molecule has 1 atom stereocenters. The Kier molecular flexibility index (Phi) is 6.35. The number of imidazole rings is 1. The van der Waals surface area contributed by atoms with Gasteiger partial charge in [0.2, 0.25) is 17.5 Å². The second-order valence-corrected chi connectivity index (χ2v) is 7.83. The van der Waals surface area contributed by atoms with Crippen LogP contribution in [0.5, 0.6) is 0 Å². The van der Waals surface area contributed by atoms with Crippen LogP contribution in [0, 0.1) is 0 Å². The number of alkyl halides is 3. The Hall–Kier alpha value is -3.77. The number of aryl methyl sites for hydroxylation is 1. The number of pyridine rings is 1. The molecule has 34 heavy (non-hydrogen) atoms. The number of halogens is 3. The highest BCUT2D eigenvalue weighted by Gasteiger charge is 2.39. The van der Waals surface area contributed by atoms with Gasteiger partial charge < -0.3 is 9.09 Å². The quantitative estimate of drug-likeness (QED) is 0.386. The van der Waals surface area contributed by atoms with Crippen molar-refractivity contribution in [1.29, 1.82) is 0 Å². The van der Waals surface area contributed by atoms with E-state index in [9.17, 15) is 22.8 Å². The van der Waals surface area contributed by atoms with Crippen molar-refractivity contribution in [3.63, 3.8) is 0 Å². The highest BCUT2D eigenvalue weighted by molar-refractivity contribution is 5.70. The number of unbranched alkanes of at least 4 members (excludes halogenated alkanes) is 1. The number of aromatic nitrogens is 7. The Morgan fingerprint density at radius 3 is 2.65 bits per heavy atom. The van der Waals surface area contributed by atoms with E-state index in [2.05, 4.69) is 25.1 Å². The molecule has 0 radical (unpaired) electrons. The fraction of sp³-hybridized carbons (Fsp3) is 0.429. The topological polar surface area (TPSA) is 124 Å². The molecule has 0 aliphatic carbocycles. The first-order valence-electron chi connectivity index (χ1n) is 10.8. The van der Waals surface area contributed by atoms with E-state index in [0.717, 1.165) is 9.13 Å². The fourth-order valence-electron chi connectivity index (χ4n) is 3.63. The molecule has 1 unspecified atom stereocenters. The predicted octanol–water partition coefficient (Wildman–Crippen LogP) is 3.34. The largest absolute Gasteiger partial charge is 0.449 e. The number of aromatic amines is 1. The van der Waals surface area contributed by atoms with E-state index in [1.807, 2.05) is 0 Å². The van der Waals surface area contributed by atoms with E-state index in [-0.39, 0.29) is 17.7 Å². The number of hydrogen-bond acceptors (Lipinski definition) is 7. The number of nitrogens with zero attached hydrogens (tertiary/aromatic N) is 6. The van der Waals surface area contributed by atoms with Gasteiger partial charge in [-0.3, -0.25) is 19.3 Å². The van der Waals surface area contributed by atoms with Crippen LogP contribution in [0.1, 0.15) is 50.9 Å². The van der Waals surface area contributed by atoms with E-state index < -0.39 is 29.3 Å². The van der Waals surface area contributed by atoms with Gasteiger partial charge in [0.15, 0.2) is 11.2 Å². The summed E-state index contributed by atoms with van der Waals surface area (Å²) in [5.74, 6) is -0.475. The smallest absolute Gasteiger partial charge is 0.339 e. The SMILES string of the molecule is CCC(C)n1c(C(F)(F)F)nc2[nH]c(=O)n(CCCCc3nc(-c4ccccn4)no3)c(=O)c21. The van der Waals surface area contributed by atoms with Crippen LogP contribution in [-0.2, 0) is 19.1 Å². The van der Waals surface area contributed by atoms with Crippen LogP contribution < -0.4 is 11.2 Å². The molecule has 0 bridgehead atoms. The molecule has 0 fully saturated rings. The van der Waals surface area contributed by atoms with Crippen molar-refractivity contribution in [2.75, 3.05) is 0 Å². The first-order chi connectivity index (χ1) is 16.2. The van der Waals surface area contributed by atoms with Crippen LogP contribution in [0.3, 0.4) is 0 Å². The Balaban J connectivity index is 1.53. The summed E-state index contributed by atoms with van der Waals surface area (Å²) in [5.41, 5.74) is -1.68. The van der Waals surface area contributed by atoms with Crippen molar-refractivity contribution in [2.45, 2.75) is 58.3 Å². The number of hydrogen-bond donors (Lipinski definition) is 1. The van der Waals surface area contributed by atoms with Crippen molar-refractivity contribution in [1.82, 2.24) is 34.2 Å². The maximum Gasteiger partial charge on any atom is 0.449 e. The van der Waals surface area contributed by atoms with Gasteiger partial charge in [-0.05, 0) is 38.3 Å². The summed E-state index contributed by atoms with van der Waals surface area (Å²) >= 11 is 0. The van der Waals surface area contributed by atoms with Crippen LogP contribution in [0.25, 0.3) is 22.7 Å². The fourth-order valence-corrected chi connectivity index (χ4v) is 3.63. The average Bonchev–Trinajstić information content (AvgIpc) is 3.43. The third-order valence-electron chi connectivity index (χ3n) is 5.50. The summed E-state index contributed by atoms with van der Waals surface area (Å²) in [6, 6.07) is 4.68. The van der Waals surface area contributed by atoms with Crippen LogP contribution >= 0.6 is 0 Å². The summed E-state index contributed by atoms with van der Waals surface area (Å²) < 4.78 is 47.6. The molecule has 1 N–H and O–H groups in total. The summed E-state index contributed by atoms with van der Waals surface area (Å²) in [7, 11) is 0. The molecule has 0 aromatic carbocycles. The Morgan fingerprint density at radius 2 is 1.97 bits per heavy atom. The molecule has 4 heterocycles. The molecule has 0 amide bonds. The van der Waals surface area contributed by atoms with E-state index in [4.69, 9.17) is 4.52 Å². The molecular weight excluding hydrogens is 455 g/mol. The molecule has 180 valence electrons. The normalized spacial score (nSPS) is 13.0. The Labute approximate surface area is 190 Å². The zero-order valence-electron chi connectivity index (χ0n) is 18.5. The van der Waals surface area contributed by atoms with Gasteiger partial charge in [-0.25, -0.2) is 9.78 Å². The highest BCUT2D eigenvalue weighted by Crippen LogP contribution is 2.32. The zero-order valence-corrected chi connectivity index (χ0v) is 18.5. The number of nitrogens with one attached hydrogen (secondary N) is 1.